The van der Waals surface area contributed by atoms with Crippen LogP contribution in [-0.4, -0.2) is 10.2 Å². The monoisotopic (exact) mass is 80.0 g/mol. The van der Waals surface area contributed by atoms with Crippen LogP contribution in [0, 0.1) is 23.8 Å². The van der Waals surface area contributed by atoms with E-state index in [-0.39, 0.29) is 0 Å². The highest BCUT2D eigenvalue weighted by Gasteiger charge is 1.35. The number of terminal acetylenes is 1. The molecule has 0 radical (unpaired) electrons. The van der Waals surface area contributed by atoms with Crippen molar-refractivity contribution in [3.8, 4) is 23.8 Å². The molecule has 0 amide bonds. The molecule has 0 N–H and O–H groups in total. The largest absolute Gasteiger partial charge is 0.130 e. The fraction of sp³-hybridized carbons (Fsp3) is 0. The van der Waals surface area contributed by atoms with Gasteiger partial charge in [0.15, 0.2) is 0 Å². The van der Waals surface area contributed by atoms with E-state index < -0.39 is 0 Å². The first-order chi connectivity index (χ1) is 2.41. The molecule has 1 heteroatoms. The quantitative estimate of drug-likeness (QED) is 0.257. The summed E-state index contributed by atoms with van der Waals surface area (Å²) in [6.07, 6.45) is 4.74. The molecular formula is C4H4Si. The molecule has 5 heavy (non-hydrogen) atoms. The lowest BCUT2D eigenvalue weighted by Gasteiger charge is -1.42. The first-order valence-electron chi connectivity index (χ1n) is 1.29. The van der Waals surface area contributed by atoms with Crippen LogP contribution in [0.4, 0.5) is 0 Å². The Labute approximate surface area is 35.0 Å². The van der Waals surface area contributed by atoms with Gasteiger partial charge in [0.1, 0.15) is 0 Å². The van der Waals surface area contributed by atoms with Crippen molar-refractivity contribution < 1.29 is 0 Å². The van der Waals surface area contributed by atoms with E-state index in [1.165, 1.54) is 0 Å². The van der Waals surface area contributed by atoms with Gasteiger partial charge in [-0.15, -0.1) is 12.0 Å². The summed E-state index contributed by atoms with van der Waals surface area (Å²) in [4.78, 5) is 0. The van der Waals surface area contributed by atoms with Gasteiger partial charge in [-0.1, -0.05) is 0 Å². The molecule has 0 aromatic heterocycles. The molecule has 0 heterocycles. The summed E-state index contributed by atoms with van der Waals surface area (Å²) in [7, 11) is 0.895. The van der Waals surface area contributed by atoms with Gasteiger partial charge in [0, 0.05) is 0 Å². The van der Waals surface area contributed by atoms with Gasteiger partial charge in [0.05, 0.1) is 10.2 Å². The molecule has 0 saturated heterocycles. The van der Waals surface area contributed by atoms with E-state index in [0.29, 0.717) is 0 Å². The molecule has 0 atom stereocenters. The molecule has 0 saturated carbocycles. The molecule has 0 rings (SSSR count). The van der Waals surface area contributed by atoms with Crippen LogP contribution in [-0.2, 0) is 0 Å². The maximum Gasteiger partial charge on any atom is 0.0919 e. The predicted octanol–water partition coefficient (Wildman–Crippen LogP) is -1.05. The third-order valence-corrected chi connectivity index (χ3v) is 0.447. The van der Waals surface area contributed by atoms with Crippen molar-refractivity contribution in [3.05, 3.63) is 0 Å². The molecule has 24 valence electrons. The molecule has 0 aliphatic carbocycles. The summed E-state index contributed by atoms with van der Waals surface area (Å²) < 4.78 is 0. The minimum absolute atomic E-state index is 0.895. The average Bonchev–Trinajstić information content (AvgIpc) is 1.41. The zero-order chi connectivity index (χ0) is 4.12. The molecule has 0 nitrogen and oxygen atoms in total. The average molecular weight is 80.2 g/mol. The lowest BCUT2D eigenvalue weighted by atomic mass is 10.7. The standard InChI is InChI=1S/C4H4Si/c1-2-3-4-5/h1H,5H3. The van der Waals surface area contributed by atoms with E-state index in [1.807, 2.05) is 0 Å². The van der Waals surface area contributed by atoms with Crippen molar-refractivity contribution in [2.45, 2.75) is 0 Å². The lowest BCUT2D eigenvalue weighted by Crippen LogP contribution is -1.45. The summed E-state index contributed by atoms with van der Waals surface area (Å²) >= 11 is 0. The molecule has 0 aliphatic rings. The van der Waals surface area contributed by atoms with Crippen molar-refractivity contribution in [1.29, 1.82) is 0 Å². The number of rotatable bonds is 0. The van der Waals surface area contributed by atoms with Crippen LogP contribution in [0.15, 0.2) is 0 Å². The summed E-state index contributed by atoms with van der Waals surface area (Å²) in [6.45, 7) is 0. The zero-order valence-corrected chi connectivity index (χ0v) is 5.08. The van der Waals surface area contributed by atoms with Gasteiger partial charge in [0.25, 0.3) is 0 Å². The van der Waals surface area contributed by atoms with Crippen molar-refractivity contribution in [3.63, 3.8) is 0 Å². The van der Waals surface area contributed by atoms with Crippen molar-refractivity contribution in [1.82, 2.24) is 0 Å². The Hall–Kier alpha value is -0.663. The van der Waals surface area contributed by atoms with E-state index in [4.69, 9.17) is 6.42 Å². The van der Waals surface area contributed by atoms with Gasteiger partial charge in [-0.25, -0.2) is 0 Å². The highest BCUT2D eigenvalue weighted by molar-refractivity contribution is 6.22. The van der Waals surface area contributed by atoms with Gasteiger partial charge < -0.3 is 0 Å². The second-order valence-electron chi connectivity index (χ2n) is 0.519. The van der Waals surface area contributed by atoms with Crippen LogP contribution in [0.2, 0.25) is 0 Å². The number of hydrogen-bond acceptors (Lipinski definition) is 0. The second-order valence-corrected chi connectivity index (χ2v) is 1.02. The Bertz CT molecular complexity index is 97.0. The van der Waals surface area contributed by atoms with Crippen LogP contribution in [0.5, 0.6) is 0 Å². The normalized spacial score (nSPS) is 3.80. The van der Waals surface area contributed by atoms with E-state index in [1.54, 1.807) is 0 Å². The topological polar surface area (TPSA) is 0 Å². The van der Waals surface area contributed by atoms with Gasteiger partial charge in [-0.3, -0.25) is 0 Å². The first-order valence-corrected chi connectivity index (χ1v) is 2.29. The molecular weight excluding hydrogens is 76.1 g/mol. The minimum atomic E-state index is 0.895. The Balaban J connectivity index is 3.30. The number of hydrogen-bond donors (Lipinski definition) is 0. The Morgan fingerprint density at radius 3 is 2.20 bits per heavy atom. The van der Waals surface area contributed by atoms with Crippen molar-refractivity contribution in [2.24, 2.45) is 0 Å². The van der Waals surface area contributed by atoms with Crippen LogP contribution in [0.25, 0.3) is 0 Å². The Kier molecular flexibility index (Phi) is 2.89. The van der Waals surface area contributed by atoms with Gasteiger partial charge >= 0.3 is 0 Å². The molecule has 0 aromatic rings. The molecule has 0 aliphatic heterocycles. The fourth-order valence-corrected chi connectivity index (χ4v) is 0.217. The summed E-state index contributed by atoms with van der Waals surface area (Å²) in [5, 5.41) is 0. The predicted molar refractivity (Wildman–Crippen MR) is 26.5 cm³/mol. The van der Waals surface area contributed by atoms with Crippen LogP contribution in [0.3, 0.4) is 0 Å². The van der Waals surface area contributed by atoms with Gasteiger partial charge in [0.2, 0.25) is 0 Å². The van der Waals surface area contributed by atoms with Crippen molar-refractivity contribution in [2.75, 3.05) is 0 Å². The molecule has 0 bridgehead atoms. The highest BCUT2D eigenvalue weighted by Crippen LogP contribution is 1.35. The Morgan fingerprint density at radius 2 is 2.20 bits per heavy atom. The van der Waals surface area contributed by atoms with E-state index in [9.17, 15) is 0 Å². The van der Waals surface area contributed by atoms with Crippen LogP contribution < -0.4 is 0 Å². The third-order valence-electron chi connectivity index (χ3n) is 0.197. The molecule has 0 spiro atoms. The summed E-state index contributed by atoms with van der Waals surface area (Å²) in [5.74, 6) is 4.64. The van der Waals surface area contributed by atoms with Gasteiger partial charge in [-0.05, 0) is 11.8 Å². The Morgan fingerprint density at radius 1 is 1.60 bits per heavy atom. The van der Waals surface area contributed by atoms with E-state index in [0.717, 1.165) is 10.2 Å². The third kappa shape index (κ3) is 3.34. The van der Waals surface area contributed by atoms with Crippen LogP contribution in [0.1, 0.15) is 0 Å². The van der Waals surface area contributed by atoms with E-state index in [2.05, 4.69) is 17.4 Å². The highest BCUT2D eigenvalue weighted by atomic mass is 28.1. The van der Waals surface area contributed by atoms with E-state index >= 15 is 0 Å². The second kappa shape index (κ2) is 3.34. The first kappa shape index (κ1) is 4.34. The lowest BCUT2D eigenvalue weighted by molar-refractivity contribution is 2.59. The fourth-order valence-electron chi connectivity index (χ4n) is 0.0722. The maximum absolute atomic E-state index is 4.74. The molecule has 0 fully saturated rings. The smallest absolute Gasteiger partial charge is 0.0919 e. The maximum atomic E-state index is 4.74. The van der Waals surface area contributed by atoms with Crippen molar-refractivity contribution >= 4 is 10.2 Å². The molecule has 0 aromatic carbocycles. The van der Waals surface area contributed by atoms with Gasteiger partial charge in [-0.2, -0.15) is 0 Å². The minimum Gasteiger partial charge on any atom is -0.130 e. The molecule has 0 unspecified atom stereocenters. The summed E-state index contributed by atoms with van der Waals surface area (Å²) in [5.41, 5.74) is 2.67. The summed E-state index contributed by atoms with van der Waals surface area (Å²) in [6, 6.07) is 0. The van der Waals surface area contributed by atoms with Crippen LogP contribution >= 0.6 is 0 Å². The zero-order valence-electron chi connectivity index (χ0n) is 3.08. The SMILES string of the molecule is C#CC#C[SiH3].